The molecule has 1 aliphatic heterocycles. The molecule has 1 heterocycles. The summed E-state index contributed by atoms with van der Waals surface area (Å²) in [4.78, 5) is 0. The van der Waals surface area contributed by atoms with Crippen molar-refractivity contribution >= 4 is 18.4 Å². The van der Waals surface area contributed by atoms with Crippen LogP contribution in [0.25, 0.3) is 0 Å². The van der Waals surface area contributed by atoms with Crippen molar-refractivity contribution in [2.24, 2.45) is 0 Å². The van der Waals surface area contributed by atoms with Crippen molar-refractivity contribution in [3.8, 4) is 0 Å². The van der Waals surface area contributed by atoms with E-state index < -0.39 is 18.4 Å². The van der Waals surface area contributed by atoms with E-state index in [0.29, 0.717) is 0 Å². The first-order valence-corrected chi connectivity index (χ1v) is 16.2. The fourth-order valence-electron chi connectivity index (χ4n) is 3.51. The van der Waals surface area contributed by atoms with Crippen LogP contribution in [0.1, 0.15) is 65.7 Å². The molecule has 19 heavy (non-hydrogen) atoms. The summed E-state index contributed by atoms with van der Waals surface area (Å²) in [6, 6.07) is 0. The van der Waals surface area contributed by atoms with Gasteiger partial charge in [-0.05, 0) is 0 Å². The van der Waals surface area contributed by atoms with Gasteiger partial charge in [-0.3, -0.25) is 0 Å². The van der Waals surface area contributed by atoms with E-state index in [9.17, 15) is 0 Å². The number of hydrogen-bond acceptors (Lipinski definition) is 1. The average Bonchev–Trinajstić information content (AvgIpc) is 2.48. The van der Waals surface area contributed by atoms with Gasteiger partial charge in [0.25, 0.3) is 0 Å². The number of hydrogen-bond donors (Lipinski definition) is 1. The quantitative estimate of drug-likeness (QED) is 0.514. The molecule has 1 aliphatic rings. The molecule has 0 bridgehead atoms. The van der Waals surface area contributed by atoms with Crippen molar-refractivity contribution in [3.05, 3.63) is 9.67 Å². The summed E-state index contributed by atoms with van der Waals surface area (Å²) >= 11 is -2.00. The normalized spacial score (nSPS) is 16.5. The second-order valence-electron chi connectivity index (χ2n) is 6.27. The van der Waals surface area contributed by atoms with E-state index in [0.717, 1.165) is 6.54 Å². The molecule has 1 rings (SSSR count). The summed E-state index contributed by atoms with van der Waals surface area (Å²) in [6.45, 7) is 9.50. The number of nitrogens with one attached hydrogen (secondary N) is 1. The standard InChI is InChI=1S/C5H8N.3C4H9.Sn/c1-2-4-6-5-3-1;3*1-3-4-2;/h2,6H,3-5H2;3*1,3-4H2,2H3;. The molecule has 2 heteroatoms. The van der Waals surface area contributed by atoms with E-state index in [-0.39, 0.29) is 0 Å². The molecule has 0 radical (unpaired) electrons. The predicted octanol–water partition coefficient (Wildman–Crippen LogP) is 5.29. The van der Waals surface area contributed by atoms with Crippen LogP contribution in [-0.4, -0.2) is 31.5 Å². The van der Waals surface area contributed by atoms with Gasteiger partial charge < -0.3 is 0 Å². The SMILES string of the molecule is CCC[CH2][Sn]([CH2]CCC)([CH2]CCC)[C]1=CCNCC1. The fourth-order valence-corrected chi connectivity index (χ4v) is 20.6. The Morgan fingerprint density at radius 1 is 0.947 bits per heavy atom. The maximum atomic E-state index is 3.51. The second kappa shape index (κ2) is 10.3. The van der Waals surface area contributed by atoms with Crippen LogP contribution in [-0.2, 0) is 0 Å². The molecule has 0 saturated carbocycles. The van der Waals surface area contributed by atoms with Crippen LogP contribution in [0.4, 0.5) is 0 Å². The zero-order chi connectivity index (χ0) is 14.0. The molecule has 112 valence electrons. The first kappa shape index (κ1) is 17.5. The van der Waals surface area contributed by atoms with Gasteiger partial charge in [-0.15, -0.1) is 0 Å². The summed E-state index contributed by atoms with van der Waals surface area (Å²) in [5.41, 5.74) is 0. The maximum absolute atomic E-state index is 3.51. The van der Waals surface area contributed by atoms with Gasteiger partial charge >= 0.3 is 125 Å². The zero-order valence-corrected chi connectivity index (χ0v) is 16.4. The molecule has 0 aliphatic carbocycles. The van der Waals surface area contributed by atoms with E-state index in [1.165, 1.54) is 51.5 Å². The fraction of sp³-hybridized carbons (Fsp3) is 0.882. The molecule has 0 unspecified atom stereocenters. The average molecular weight is 372 g/mol. The van der Waals surface area contributed by atoms with E-state index in [2.05, 4.69) is 32.2 Å². The van der Waals surface area contributed by atoms with Crippen molar-refractivity contribution in [1.29, 1.82) is 0 Å². The van der Waals surface area contributed by atoms with Gasteiger partial charge in [-0.2, -0.15) is 0 Å². The molecule has 1 nitrogen and oxygen atoms in total. The summed E-state index contributed by atoms with van der Waals surface area (Å²) in [7, 11) is 0. The molecular weight excluding hydrogens is 337 g/mol. The van der Waals surface area contributed by atoms with Crippen LogP contribution in [0.2, 0.25) is 13.3 Å². The van der Waals surface area contributed by atoms with E-state index >= 15 is 0 Å². The third-order valence-corrected chi connectivity index (χ3v) is 21.2. The number of unbranched alkanes of at least 4 members (excludes halogenated alkanes) is 3. The molecule has 0 aromatic rings. The molecule has 0 atom stereocenters. The Hall–Kier alpha value is 0.499. The molecular formula is C17H35NSn. The van der Waals surface area contributed by atoms with Crippen LogP contribution < -0.4 is 5.32 Å². The van der Waals surface area contributed by atoms with Crippen molar-refractivity contribution in [1.82, 2.24) is 5.32 Å². The summed E-state index contributed by atoms with van der Waals surface area (Å²) in [5, 5.41) is 3.51. The first-order valence-electron chi connectivity index (χ1n) is 8.69. The van der Waals surface area contributed by atoms with Gasteiger partial charge in [0.2, 0.25) is 0 Å². The monoisotopic (exact) mass is 373 g/mol. The predicted molar refractivity (Wildman–Crippen MR) is 90.5 cm³/mol. The van der Waals surface area contributed by atoms with Crippen LogP contribution in [0, 0.1) is 0 Å². The van der Waals surface area contributed by atoms with E-state index in [1.807, 2.05) is 3.59 Å². The van der Waals surface area contributed by atoms with Crippen LogP contribution in [0.15, 0.2) is 9.67 Å². The Balaban J connectivity index is 2.82. The Bertz CT molecular complexity index is 238. The molecule has 0 fully saturated rings. The third kappa shape index (κ3) is 5.79. The Morgan fingerprint density at radius 3 is 1.84 bits per heavy atom. The second-order valence-corrected chi connectivity index (χ2v) is 19.7. The topological polar surface area (TPSA) is 12.0 Å². The molecule has 0 saturated heterocycles. The zero-order valence-electron chi connectivity index (χ0n) is 13.6. The van der Waals surface area contributed by atoms with E-state index in [4.69, 9.17) is 0 Å². The summed E-state index contributed by atoms with van der Waals surface area (Å²) < 4.78 is 6.91. The minimum atomic E-state index is -2.00. The van der Waals surface area contributed by atoms with Crippen molar-refractivity contribution < 1.29 is 0 Å². The van der Waals surface area contributed by atoms with Gasteiger partial charge in [0, 0.05) is 0 Å². The van der Waals surface area contributed by atoms with Crippen LogP contribution in [0.5, 0.6) is 0 Å². The summed E-state index contributed by atoms with van der Waals surface area (Å²) in [5.74, 6) is 0. The van der Waals surface area contributed by atoms with Gasteiger partial charge in [0.1, 0.15) is 0 Å². The first-order chi connectivity index (χ1) is 9.29. The Kier molecular flexibility index (Phi) is 9.48. The van der Waals surface area contributed by atoms with Gasteiger partial charge in [0.05, 0.1) is 0 Å². The molecule has 1 N–H and O–H groups in total. The van der Waals surface area contributed by atoms with Gasteiger partial charge in [0.15, 0.2) is 0 Å². The third-order valence-electron chi connectivity index (χ3n) is 4.77. The van der Waals surface area contributed by atoms with Crippen molar-refractivity contribution in [2.45, 2.75) is 79.0 Å². The summed E-state index contributed by atoms with van der Waals surface area (Å²) in [6.07, 6.45) is 12.7. The van der Waals surface area contributed by atoms with Crippen LogP contribution in [0.3, 0.4) is 0 Å². The van der Waals surface area contributed by atoms with Gasteiger partial charge in [-0.1, -0.05) is 0 Å². The van der Waals surface area contributed by atoms with Crippen LogP contribution >= 0.6 is 0 Å². The molecule has 0 spiro atoms. The molecule has 0 aromatic carbocycles. The number of rotatable bonds is 10. The van der Waals surface area contributed by atoms with Gasteiger partial charge in [-0.25, -0.2) is 0 Å². The molecule has 0 amide bonds. The molecule has 0 aromatic heterocycles. The van der Waals surface area contributed by atoms with E-state index in [1.54, 1.807) is 13.3 Å². The van der Waals surface area contributed by atoms with Crippen molar-refractivity contribution in [3.63, 3.8) is 0 Å². The Morgan fingerprint density at radius 2 is 1.47 bits per heavy atom. The minimum absolute atomic E-state index is 1.15. The Labute approximate surface area is 125 Å². The van der Waals surface area contributed by atoms with Crippen molar-refractivity contribution in [2.75, 3.05) is 13.1 Å².